The zero-order chi connectivity index (χ0) is 23.5. The molecule has 0 spiro atoms. The number of ether oxygens (including phenoxy) is 1. The Labute approximate surface area is 194 Å². The van der Waals surface area contributed by atoms with E-state index in [1.54, 1.807) is 12.3 Å². The van der Waals surface area contributed by atoms with Gasteiger partial charge in [-0.05, 0) is 69.0 Å². The number of carbonyl (C=O) groups is 1. The van der Waals surface area contributed by atoms with Crippen LogP contribution in [0, 0.1) is 20.8 Å². The fraction of sp³-hybridized carbons (Fsp3) is 0.207. The molecule has 33 heavy (non-hydrogen) atoms. The van der Waals surface area contributed by atoms with E-state index >= 15 is 0 Å². The van der Waals surface area contributed by atoms with Crippen molar-refractivity contribution in [3.05, 3.63) is 89.2 Å². The van der Waals surface area contributed by atoms with Crippen LogP contribution in [0.4, 0.5) is 5.69 Å². The van der Waals surface area contributed by atoms with Gasteiger partial charge in [0, 0.05) is 33.8 Å². The summed E-state index contributed by atoms with van der Waals surface area (Å²) >= 11 is 0. The summed E-state index contributed by atoms with van der Waals surface area (Å²) in [6.07, 6.45) is 3.42. The highest BCUT2D eigenvalue weighted by Crippen LogP contribution is 2.40. The van der Waals surface area contributed by atoms with E-state index < -0.39 is 0 Å². The summed E-state index contributed by atoms with van der Waals surface area (Å²) in [6, 6.07) is 18.2. The lowest BCUT2D eigenvalue weighted by atomic mass is 9.96. The van der Waals surface area contributed by atoms with E-state index in [0.29, 0.717) is 6.61 Å². The average molecular weight is 440 g/mol. The molecular formula is C29H29NO3. The fourth-order valence-electron chi connectivity index (χ4n) is 4.09. The minimum Gasteiger partial charge on any atom is -0.493 e. The van der Waals surface area contributed by atoms with Gasteiger partial charge in [0.05, 0.1) is 12.9 Å². The lowest BCUT2D eigenvalue weighted by Gasteiger charge is -2.15. The van der Waals surface area contributed by atoms with Crippen LogP contribution in [0.5, 0.6) is 5.75 Å². The quantitative estimate of drug-likeness (QED) is 0.317. The Kier molecular flexibility index (Phi) is 6.36. The first-order valence-electron chi connectivity index (χ1n) is 11.2. The third-order valence-corrected chi connectivity index (χ3v) is 5.84. The van der Waals surface area contributed by atoms with Crippen LogP contribution in [0.2, 0.25) is 0 Å². The number of furan rings is 1. The molecule has 4 rings (SSSR count). The molecule has 1 N–H and O–H groups in total. The molecule has 1 heterocycles. The first-order chi connectivity index (χ1) is 15.9. The topological polar surface area (TPSA) is 51.5 Å². The Morgan fingerprint density at radius 1 is 1.06 bits per heavy atom. The lowest BCUT2D eigenvalue weighted by Crippen LogP contribution is -2.10. The van der Waals surface area contributed by atoms with Crippen LogP contribution < -0.4 is 10.1 Å². The molecule has 0 atom stereocenters. The summed E-state index contributed by atoms with van der Waals surface area (Å²) in [5.74, 6) is 0.573. The highest BCUT2D eigenvalue weighted by Gasteiger charge is 2.19. The molecule has 0 aliphatic heterocycles. The van der Waals surface area contributed by atoms with Crippen molar-refractivity contribution in [1.29, 1.82) is 0 Å². The molecule has 0 unspecified atom stereocenters. The molecule has 0 saturated carbocycles. The predicted molar refractivity (Wildman–Crippen MR) is 136 cm³/mol. The van der Waals surface area contributed by atoms with Crippen molar-refractivity contribution in [3.63, 3.8) is 0 Å². The molecule has 3 aromatic carbocycles. The molecule has 0 radical (unpaired) electrons. The highest BCUT2D eigenvalue weighted by atomic mass is 16.5. The molecule has 4 heteroatoms. The highest BCUT2D eigenvalue weighted by molar-refractivity contribution is 6.06. The monoisotopic (exact) mass is 439 g/mol. The standard InChI is InChI=1S/C29H29NO3/c1-6-32-28-21(5)29-24(25(17-33-29)22-10-8-7-9-11-22)16-23(28)20(4)15-27(31)30-26-14-18(2)12-13-19(26)3/h7-17H,6H2,1-5H3,(H,30,31)/b20-15+. The molecule has 0 saturated heterocycles. The summed E-state index contributed by atoms with van der Waals surface area (Å²) < 4.78 is 12.0. The number of rotatable bonds is 6. The van der Waals surface area contributed by atoms with E-state index in [1.165, 1.54) is 0 Å². The van der Waals surface area contributed by atoms with E-state index in [9.17, 15) is 4.79 Å². The lowest BCUT2D eigenvalue weighted by molar-refractivity contribution is -0.111. The molecule has 0 fully saturated rings. The van der Waals surface area contributed by atoms with Crippen LogP contribution >= 0.6 is 0 Å². The van der Waals surface area contributed by atoms with Gasteiger partial charge in [-0.2, -0.15) is 0 Å². The molecule has 168 valence electrons. The number of benzene rings is 3. The normalized spacial score (nSPS) is 11.6. The third kappa shape index (κ3) is 4.56. The molecule has 4 aromatic rings. The van der Waals surface area contributed by atoms with Crippen molar-refractivity contribution >= 4 is 28.1 Å². The minimum absolute atomic E-state index is 0.170. The number of nitrogens with one attached hydrogen (secondary N) is 1. The van der Waals surface area contributed by atoms with Gasteiger partial charge in [-0.3, -0.25) is 4.79 Å². The van der Waals surface area contributed by atoms with E-state index in [4.69, 9.17) is 9.15 Å². The SMILES string of the molecule is CCOc1c(/C(C)=C/C(=O)Nc2cc(C)ccc2C)cc2c(-c3ccccc3)coc2c1C. The van der Waals surface area contributed by atoms with Crippen molar-refractivity contribution in [2.45, 2.75) is 34.6 Å². The van der Waals surface area contributed by atoms with E-state index in [1.807, 2.05) is 71.0 Å². The molecule has 4 nitrogen and oxygen atoms in total. The van der Waals surface area contributed by atoms with Crippen LogP contribution in [0.25, 0.3) is 27.7 Å². The number of carbonyl (C=O) groups excluding carboxylic acids is 1. The summed E-state index contributed by atoms with van der Waals surface area (Å²) in [6.45, 7) is 10.4. The van der Waals surface area contributed by atoms with Crippen molar-refractivity contribution in [2.24, 2.45) is 0 Å². The van der Waals surface area contributed by atoms with Crippen LogP contribution in [0.3, 0.4) is 0 Å². The van der Waals surface area contributed by atoms with Crippen molar-refractivity contribution in [2.75, 3.05) is 11.9 Å². The Bertz CT molecular complexity index is 1350. The third-order valence-electron chi connectivity index (χ3n) is 5.84. The maximum atomic E-state index is 12.9. The second kappa shape index (κ2) is 9.37. The van der Waals surface area contributed by atoms with Gasteiger partial charge in [0.15, 0.2) is 0 Å². The first kappa shape index (κ1) is 22.4. The summed E-state index contributed by atoms with van der Waals surface area (Å²) in [5.41, 5.74) is 8.49. The Morgan fingerprint density at radius 3 is 2.55 bits per heavy atom. The number of fused-ring (bicyclic) bond motifs is 1. The number of hydrogen-bond acceptors (Lipinski definition) is 3. The first-order valence-corrected chi connectivity index (χ1v) is 11.2. The number of aryl methyl sites for hydroxylation is 3. The molecule has 0 aliphatic carbocycles. The van der Waals surface area contributed by atoms with E-state index in [0.717, 1.165) is 61.4 Å². The smallest absolute Gasteiger partial charge is 0.248 e. The van der Waals surface area contributed by atoms with Crippen molar-refractivity contribution in [1.82, 2.24) is 0 Å². The minimum atomic E-state index is -0.170. The summed E-state index contributed by atoms with van der Waals surface area (Å²) in [7, 11) is 0. The van der Waals surface area contributed by atoms with Crippen LogP contribution in [-0.4, -0.2) is 12.5 Å². The predicted octanol–water partition coefficient (Wildman–Crippen LogP) is 7.47. The Morgan fingerprint density at radius 2 is 1.82 bits per heavy atom. The van der Waals surface area contributed by atoms with Gasteiger partial charge in [-0.25, -0.2) is 0 Å². The zero-order valence-electron chi connectivity index (χ0n) is 19.8. The van der Waals surface area contributed by atoms with Gasteiger partial charge in [-0.1, -0.05) is 42.5 Å². The van der Waals surface area contributed by atoms with Crippen molar-refractivity contribution in [3.8, 4) is 16.9 Å². The largest absolute Gasteiger partial charge is 0.493 e. The number of allylic oxidation sites excluding steroid dienone is 1. The molecule has 0 bridgehead atoms. The molecule has 1 aromatic heterocycles. The van der Waals surface area contributed by atoms with Gasteiger partial charge in [-0.15, -0.1) is 0 Å². The van der Waals surface area contributed by atoms with Gasteiger partial charge >= 0.3 is 0 Å². The zero-order valence-corrected chi connectivity index (χ0v) is 19.8. The average Bonchev–Trinajstić information content (AvgIpc) is 3.23. The maximum Gasteiger partial charge on any atom is 0.248 e. The summed E-state index contributed by atoms with van der Waals surface area (Å²) in [4.78, 5) is 12.9. The van der Waals surface area contributed by atoms with Gasteiger partial charge in [0.2, 0.25) is 5.91 Å². The van der Waals surface area contributed by atoms with Crippen LogP contribution in [-0.2, 0) is 4.79 Å². The molecule has 1 amide bonds. The fourth-order valence-corrected chi connectivity index (χ4v) is 4.09. The number of amides is 1. The van der Waals surface area contributed by atoms with Crippen molar-refractivity contribution < 1.29 is 13.9 Å². The Balaban J connectivity index is 1.78. The number of hydrogen-bond donors (Lipinski definition) is 1. The summed E-state index contributed by atoms with van der Waals surface area (Å²) in [5, 5.41) is 4.01. The molecule has 0 aliphatic rings. The maximum absolute atomic E-state index is 12.9. The van der Waals surface area contributed by atoms with Gasteiger partial charge in [0.25, 0.3) is 0 Å². The van der Waals surface area contributed by atoms with E-state index in [2.05, 4.69) is 23.5 Å². The van der Waals surface area contributed by atoms with Gasteiger partial charge in [0.1, 0.15) is 11.3 Å². The van der Waals surface area contributed by atoms with Gasteiger partial charge < -0.3 is 14.5 Å². The number of anilines is 1. The second-order valence-electron chi connectivity index (χ2n) is 8.34. The Hall–Kier alpha value is -3.79. The second-order valence-corrected chi connectivity index (χ2v) is 8.34. The molecular weight excluding hydrogens is 410 g/mol. The van der Waals surface area contributed by atoms with Crippen LogP contribution in [0.1, 0.15) is 36.1 Å². The van der Waals surface area contributed by atoms with E-state index in [-0.39, 0.29) is 5.91 Å². The van der Waals surface area contributed by atoms with Crippen LogP contribution in [0.15, 0.2) is 71.4 Å².